The molecule has 0 aliphatic carbocycles. The van der Waals surface area contributed by atoms with Gasteiger partial charge in [-0.25, -0.2) is 0 Å². The summed E-state index contributed by atoms with van der Waals surface area (Å²) in [6.07, 6.45) is 7.09. The smallest absolute Gasteiger partial charge is 0.0693 e. The number of anilines is 2. The highest BCUT2D eigenvalue weighted by molar-refractivity contribution is 7.99. The van der Waals surface area contributed by atoms with Gasteiger partial charge in [-0.15, -0.1) is 23.5 Å². The van der Waals surface area contributed by atoms with Crippen LogP contribution in [0.25, 0.3) is 0 Å². The number of benzene rings is 2. The molecule has 4 heteroatoms. The third-order valence-corrected chi connectivity index (χ3v) is 7.94. The van der Waals surface area contributed by atoms with Crippen molar-refractivity contribution in [2.75, 3.05) is 23.5 Å². The predicted octanol–water partition coefficient (Wildman–Crippen LogP) is 6.73. The molecule has 0 fully saturated rings. The van der Waals surface area contributed by atoms with Crippen molar-refractivity contribution in [3.63, 3.8) is 0 Å². The molecule has 0 saturated heterocycles. The largest absolute Gasteiger partial charge is 0.392 e. The average Bonchev–Trinajstić information content (AvgIpc) is 2.89. The fraction of sp³-hybridized carbons (Fsp3) is 0.478. The molecule has 1 heterocycles. The summed E-state index contributed by atoms with van der Waals surface area (Å²) in [5, 5.41) is 9.83. The lowest BCUT2D eigenvalue weighted by Crippen LogP contribution is -2.36. The fourth-order valence-electron chi connectivity index (χ4n) is 3.86. The van der Waals surface area contributed by atoms with E-state index in [1.54, 1.807) is 11.8 Å². The molecule has 2 aromatic carbocycles. The molecule has 1 atom stereocenters. The lowest BCUT2D eigenvalue weighted by atomic mass is 9.81. The zero-order chi connectivity index (χ0) is 19.3. The second-order valence-electron chi connectivity index (χ2n) is 7.46. The summed E-state index contributed by atoms with van der Waals surface area (Å²) in [4.78, 5) is 5.00. The van der Waals surface area contributed by atoms with Crippen LogP contribution in [0.2, 0.25) is 0 Å². The van der Waals surface area contributed by atoms with Gasteiger partial charge in [-0.1, -0.05) is 44.9 Å². The topological polar surface area (TPSA) is 23.5 Å². The van der Waals surface area contributed by atoms with E-state index in [-0.39, 0.29) is 6.61 Å². The number of nitrogens with zero attached hydrogens (tertiary/aromatic N) is 1. The maximum Gasteiger partial charge on any atom is 0.0693 e. The molecule has 0 radical (unpaired) electrons. The number of rotatable bonds is 7. The van der Waals surface area contributed by atoms with Crippen molar-refractivity contribution in [1.82, 2.24) is 0 Å². The zero-order valence-electron chi connectivity index (χ0n) is 16.7. The third kappa shape index (κ3) is 4.49. The van der Waals surface area contributed by atoms with Gasteiger partial charge in [-0.2, -0.15) is 0 Å². The minimum atomic E-state index is 0.101. The Balaban J connectivity index is 2.10. The van der Waals surface area contributed by atoms with E-state index in [0.29, 0.717) is 5.41 Å². The van der Waals surface area contributed by atoms with E-state index >= 15 is 0 Å². The van der Waals surface area contributed by atoms with Crippen molar-refractivity contribution in [2.45, 2.75) is 55.9 Å². The minimum absolute atomic E-state index is 0.101. The highest BCUT2D eigenvalue weighted by Crippen LogP contribution is 2.48. The van der Waals surface area contributed by atoms with Crippen molar-refractivity contribution < 1.29 is 5.11 Å². The lowest BCUT2D eigenvalue weighted by molar-refractivity contribution is 0.278. The van der Waals surface area contributed by atoms with Crippen LogP contribution in [0, 0.1) is 5.41 Å². The first-order valence-electron chi connectivity index (χ1n) is 9.93. The zero-order valence-corrected chi connectivity index (χ0v) is 18.3. The van der Waals surface area contributed by atoms with E-state index in [0.717, 1.165) is 17.9 Å². The second-order valence-corrected chi connectivity index (χ2v) is 9.32. The number of aliphatic hydroxyl groups is 1. The van der Waals surface area contributed by atoms with Gasteiger partial charge >= 0.3 is 0 Å². The summed E-state index contributed by atoms with van der Waals surface area (Å²) in [5.41, 5.74) is 3.91. The van der Waals surface area contributed by atoms with Crippen LogP contribution in [0.3, 0.4) is 0 Å². The van der Waals surface area contributed by atoms with Crippen LogP contribution in [0.1, 0.15) is 45.1 Å². The SMILES string of the molecule is CCCCC1(CC)CSc2cc(CO)c(SC)cc2N(c2ccccc2)C1. The number of fused-ring (bicyclic) bond motifs is 1. The van der Waals surface area contributed by atoms with E-state index in [1.165, 1.54) is 46.8 Å². The first-order valence-corrected chi connectivity index (χ1v) is 12.1. The van der Waals surface area contributed by atoms with Crippen LogP contribution >= 0.6 is 23.5 Å². The summed E-state index contributed by atoms with van der Waals surface area (Å²) in [7, 11) is 0. The summed E-state index contributed by atoms with van der Waals surface area (Å²) in [6.45, 7) is 5.79. The Hall–Kier alpha value is -1.10. The van der Waals surface area contributed by atoms with Gasteiger partial charge in [0, 0.05) is 27.8 Å². The first kappa shape index (κ1) is 20.6. The molecule has 0 saturated carbocycles. The van der Waals surface area contributed by atoms with Crippen LogP contribution in [0.4, 0.5) is 11.4 Å². The number of hydrogen-bond donors (Lipinski definition) is 1. The van der Waals surface area contributed by atoms with Gasteiger partial charge in [-0.05, 0) is 54.3 Å². The normalized spacial score (nSPS) is 19.6. The van der Waals surface area contributed by atoms with Crippen LogP contribution in [0.15, 0.2) is 52.3 Å². The van der Waals surface area contributed by atoms with Crippen molar-refractivity contribution in [3.05, 3.63) is 48.0 Å². The number of hydrogen-bond acceptors (Lipinski definition) is 4. The van der Waals surface area contributed by atoms with E-state index in [2.05, 4.69) is 67.5 Å². The molecule has 0 bridgehead atoms. The van der Waals surface area contributed by atoms with E-state index in [9.17, 15) is 5.11 Å². The molecule has 27 heavy (non-hydrogen) atoms. The Morgan fingerprint density at radius 2 is 1.96 bits per heavy atom. The fourth-order valence-corrected chi connectivity index (χ4v) is 5.92. The van der Waals surface area contributed by atoms with Gasteiger partial charge in [0.1, 0.15) is 0 Å². The van der Waals surface area contributed by atoms with Crippen molar-refractivity contribution in [2.24, 2.45) is 5.41 Å². The Kier molecular flexibility index (Phi) is 7.18. The maximum atomic E-state index is 9.83. The third-order valence-electron chi connectivity index (χ3n) is 5.73. The second kappa shape index (κ2) is 9.40. The van der Waals surface area contributed by atoms with Crippen LogP contribution < -0.4 is 4.90 Å². The molecule has 2 aromatic rings. The van der Waals surface area contributed by atoms with Crippen molar-refractivity contribution >= 4 is 34.9 Å². The first-order chi connectivity index (χ1) is 13.2. The summed E-state index contributed by atoms with van der Waals surface area (Å²) < 4.78 is 0. The Morgan fingerprint density at radius 1 is 1.19 bits per heavy atom. The van der Waals surface area contributed by atoms with Crippen molar-refractivity contribution in [3.8, 4) is 0 Å². The molecule has 0 aromatic heterocycles. The van der Waals surface area contributed by atoms with Gasteiger partial charge in [-0.3, -0.25) is 0 Å². The Bertz CT molecular complexity index is 750. The van der Waals surface area contributed by atoms with Crippen LogP contribution in [-0.4, -0.2) is 23.7 Å². The highest BCUT2D eigenvalue weighted by Gasteiger charge is 2.35. The molecular formula is C23H31NOS2. The minimum Gasteiger partial charge on any atom is -0.392 e. The van der Waals surface area contributed by atoms with Gasteiger partial charge in [0.15, 0.2) is 0 Å². The molecule has 1 aliphatic rings. The number of thioether (sulfide) groups is 2. The summed E-state index contributed by atoms with van der Waals surface area (Å²) >= 11 is 3.70. The molecule has 0 amide bonds. The maximum absolute atomic E-state index is 9.83. The molecule has 1 unspecified atom stereocenters. The summed E-state index contributed by atoms with van der Waals surface area (Å²) in [5.74, 6) is 1.14. The summed E-state index contributed by atoms with van der Waals surface area (Å²) in [6, 6.07) is 15.3. The number of unbranched alkanes of at least 4 members (excludes halogenated alkanes) is 1. The molecule has 1 aliphatic heterocycles. The lowest BCUT2D eigenvalue weighted by Gasteiger charge is -2.37. The monoisotopic (exact) mass is 401 g/mol. The Labute approximate surface area is 172 Å². The van der Waals surface area contributed by atoms with Gasteiger partial charge in [0.2, 0.25) is 0 Å². The number of para-hydroxylation sites is 1. The average molecular weight is 402 g/mol. The molecule has 1 N–H and O–H groups in total. The van der Waals surface area contributed by atoms with Gasteiger partial charge in [0.25, 0.3) is 0 Å². The highest BCUT2D eigenvalue weighted by atomic mass is 32.2. The molecule has 0 spiro atoms. The van der Waals surface area contributed by atoms with Crippen LogP contribution in [-0.2, 0) is 6.61 Å². The molecule has 146 valence electrons. The van der Waals surface area contributed by atoms with Crippen molar-refractivity contribution in [1.29, 1.82) is 0 Å². The molecule has 2 nitrogen and oxygen atoms in total. The quantitative estimate of drug-likeness (QED) is 0.520. The standard InChI is InChI=1S/C23H31NOS2/c1-4-6-12-23(5-2)16-24(19-10-8-7-9-11-19)20-14-21(26-3)18(15-25)13-22(20)27-17-23/h7-11,13-14,25H,4-6,12,15-17H2,1-3H3. The van der Waals surface area contributed by atoms with E-state index in [1.807, 2.05) is 11.8 Å². The van der Waals surface area contributed by atoms with E-state index < -0.39 is 0 Å². The van der Waals surface area contributed by atoms with Crippen LogP contribution in [0.5, 0.6) is 0 Å². The molecule has 3 rings (SSSR count). The molecular weight excluding hydrogens is 370 g/mol. The van der Waals surface area contributed by atoms with Gasteiger partial charge < -0.3 is 10.0 Å². The van der Waals surface area contributed by atoms with E-state index in [4.69, 9.17) is 0 Å². The number of aliphatic hydroxyl groups excluding tert-OH is 1. The Morgan fingerprint density at radius 3 is 2.59 bits per heavy atom. The van der Waals surface area contributed by atoms with Gasteiger partial charge in [0.05, 0.1) is 12.3 Å². The predicted molar refractivity (Wildman–Crippen MR) is 121 cm³/mol.